The summed E-state index contributed by atoms with van der Waals surface area (Å²) < 4.78 is 6.31. The number of carbonyl (C=O) groups is 2. The van der Waals surface area contributed by atoms with Crippen LogP contribution in [0.2, 0.25) is 0 Å². The van der Waals surface area contributed by atoms with Crippen LogP contribution in [0.5, 0.6) is 5.75 Å². The van der Waals surface area contributed by atoms with Crippen LogP contribution in [0, 0.1) is 6.92 Å². The lowest BCUT2D eigenvalue weighted by molar-refractivity contribution is -0.127. The number of rotatable bonds is 6. The van der Waals surface area contributed by atoms with E-state index >= 15 is 0 Å². The molecular formula is C20H22BrN3O3. The van der Waals surface area contributed by atoms with Crippen LogP contribution in [0.15, 0.2) is 46.9 Å². The van der Waals surface area contributed by atoms with E-state index in [1.165, 1.54) is 5.01 Å². The third-order valence-corrected chi connectivity index (χ3v) is 4.76. The highest BCUT2D eigenvalue weighted by Crippen LogP contribution is 2.28. The second kappa shape index (κ2) is 8.43. The summed E-state index contributed by atoms with van der Waals surface area (Å²) in [5.41, 5.74) is 5.08. The topological polar surface area (TPSA) is 70.7 Å². The zero-order valence-electron chi connectivity index (χ0n) is 15.3. The van der Waals surface area contributed by atoms with Crippen molar-refractivity contribution in [3.05, 3.63) is 58.1 Å². The average molecular weight is 432 g/mol. The van der Waals surface area contributed by atoms with Gasteiger partial charge in [-0.25, -0.2) is 5.01 Å². The van der Waals surface area contributed by atoms with Gasteiger partial charge >= 0.3 is 0 Å². The SMILES string of the molecule is CCCC1Nc2ccc(Br)cc2C(=O)N1NC(=O)COc1ccc(C)cc1. The third-order valence-electron chi connectivity index (χ3n) is 4.26. The Morgan fingerprint density at radius 2 is 2.00 bits per heavy atom. The van der Waals surface area contributed by atoms with Gasteiger partial charge in [-0.2, -0.15) is 0 Å². The first-order chi connectivity index (χ1) is 13.0. The Balaban J connectivity index is 1.69. The normalized spacial score (nSPS) is 15.7. The van der Waals surface area contributed by atoms with Crippen molar-refractivity contribution in [2.24, 2.45) is 0 Å². The highest BCUT2D eigenvalue weighted by atomic mass is 79.9. The number of fused-ring (bicyclic) bond motifs is 1. The molecule has 0 spiro atoms. The van der Waals surface area contributed by atoms with Gasteiger partial charge in [0.05, 0.1) is 5.56 Å². The molecule has 2 amide bonds. The van der Waals surface area contributed by atoms with E-state index in [9.17, 15) is 9.59 Å². The van der Waals surface area contributed by atoms with E-state index in [0.717, 1.165) is 22.1 Å². The second-order valence-electron chi connectivity index (χ2n) is 6.45. The van der Waals surface area contributed by atoms with E-state index in [1.54, 1.807) is 6.07 Å². The molecule has 1 heterocycles. The molecule has 0 saturated heterocycles. The Labute approximate surface area is 167 Å². The molecule has 142 valence electrons. The summed E-state index contributed by atoms with van der Waals surface area (Å²) >= 11 is 3.38. The summed E-state index contributed by atoms with van der Waals surface area (Å²) in [6.07, 6.45) is 1.27. The van der Waals surface area contributed by atoms with Crippen molar-refractivity contribution < 1.29 is 14.3 Å². The molecule has 1 atom stereocenters. The monoisotopic (exact) mass is 431 g/mol. The lowest BCUT2D eigenvalue weighted by Crippen LogP contribution is -2.58. The van der Waals surface area contributed by atoms with Crippen LogP contribution in [0.3, 0.4) is 0 Å². The van der Waals surface area contributed by atoms with Crippen molar-refractivity contribution in [2.75, 3.05) is 11.9 Å². The Morgan fingerprint density at radius 1 is 1.26 bits per heavy atom. The molecular weight excluding hydrogens is 410 g/mol. The minimum atomic E-state index is -0.384. The summed E-state index contributed by atoms with van der Waals surface area (Å²) in [6, 6.07) is 12.9. The zero-order valence-corrected chi connectivity index (χ0v) is 16.9. The summed E-state index contributed by atoms with van der Waals surface area (Å²) in [5.74, 6) is -0.0179. The molecule has 0 bridgehead atoms. The van der Waals surface area contributed by atoms with Gasteiger partial charge in [0.2, 0.25) is 0 Å². The van der Waals surface area contributed by atoms with Crippen molar-refractivity contribution in [3.63, 3.8) is 0 Å². The molecule has 0 fully saturated rings. The largest absolute Gasteiger partial charge is 0.484 e. The minimum Gasteiger partial charge on any atom is -0.484 e. The molecule has 2 aromatic carbocycles. The first-order valence-electron chi connectivity index (χ1n) is 8.86. The highest BCUT2D eigenvalue weighted by Gasteiger charge is 2.33. The maximum atomic E-state index is 12.9. The van der Waals surface area contributed by atoms with E-state index in [4.69, 9.17) is 4.74 Å². The molecule has 7 heteroatoms. The van der Waals surface area contributed by atoms with Crippen molar-refractivity contribution in [3.8, 4) is 5.75 Å². The standard InChI is InChI=1S/C20H22BrN3O3/c1-3-4-18-22-17-10-7-14(21)11-16(17)20(26)24(18)23-19(25)12-27-15-8-5-13(2)6-9-15/h5-11,18,22H,3-4,12H2,1-2H3,(H,23,25). The number of nitrogens with zero attached hydrogens (tertiary/aromatic N) is 1. The summed E-state index contributed by atoms with van der Waals surface area (Å²) in [6.45, 7) is 3.84. The van der Waals surface area contributed by atoms with E-state index in [1.807, 2.05) is 50.2 Å². The van der Waals surface area contributed by atoms with E-state index in [0.29, 0.717) is 17.7 Å². The first kappa shape index (κ1) is 19.2. The lowest BCUT2D eigenvalue weighted by atomic mass is 10.1. The molecule has 0 saturated carbocycles. The smallest absolute Gasteiger partial charge is 0.276 e. The van der Waals surface area contributed by atoms with E-state index < -0.39 is 0 Å². The van der Waals surface area contributed by atoms with Gasteiger partial charge in [-0.3, -0.25) is 15.0 Å². The number of carbonyl (C=O) groups excluding carboxylic acids is 2. The number of nitrogens with one attached hydrogen (secondary N) is 2. The average Bonchev–Trinajstić information content (AvgIpc) is 2.65. The number of aryl methyl sites for hydroxylation is 1. The molecule has 6 nitrogen and oxygen atoms in total. The number of hydrogen-bond acceptors (Lipinski definition) is 4. The molecule has 1 aliphatic rings. The maximum absolute atomic E-state index is 12.9. The van der Waals surface area contributed by atoms with Crippen LogP contribution < -0.4 is 15.5 Å². The Morgan fingerprint density at radius 3 is 2.70 bits per heavy atom. The number of amides is 2. The van der Waals surface area contributed by atoms with Gasteiger partial charge in [0.25, 0.3) is 11.8 Å². The fraction of sp³-hybridized carbons (Fsp3) is 0.300. The fourth-order valence-electron chi connectivity index (χ4n) is 2.89. The predicted molar refractivity (Wildman–Crippen MR) is 107 cm³/mol. The Kier molecular flexibility index (Phi) is 6.01. The molecule has 2 N–H and O–H groups in total. The molecule has 0 aliphatic carbocycles. The van der Waals surface area contributed by atoms with Gasteiger partial charge in [-0.1, -0.05) is 47.0 Å². The Bertz CT molecular complexity index is 839. The number of ether oxygens (including phenoxy) is 1. The van der Waals surface area contributed by atoms with Gasteiger partial charge in [0.15, 0.2) is 6.61 Å². The highest BCUT2D eigenvalue weighted by molar-refractivity contribution is 9.10. The van der Waals surface area contributed by atoms with Gasteiger partial charge in [-0.15, -0.1) is 0 Å². The van der Waals surface area contributed by atoms with Gasteiger partial charge in [0, 0.05) is 10.2 Å². The molecule has 3 rings (SSSR count). The molecule has 2 aromatic rings. The van der Waals surface area contributed by atoms with Crippen LogP contribution in [0.4, 0.5) is 5.69 Å². The molecule has 27 heavy (non-hydrogen) atoms. The molecule has 1 unspecified atom stereocenters. The van der Waals surface area contributed by atoms with E-state index in [-0.39, 0.29) is 24.6 Å². The van der Waals surface area contributed by atoms with Gasteiger partial charge < -0.3 is 10.1 Å². The van der Waals surface area contributed by atoms with Gasteiger partial charge in [0.1, 0.15) is 11.9 Å². The van der Waals surface area contributed by atoms with Crippen LogP contribution in [0.1, 0.15) is 35.7 Å². The number of halogens is 1. The predicted octanol–water partition coefficient (Wildman–Crippen LogP) is 3.86. The number of anilines is 1. The third kappa shape index (κ3) is 4.60. The Hall–Kier alpha value is -2.54. The van der Waals surface area contributed by atoms with Crippen LogP contribution in [0.25, 0.3) is 0 Å². The fourth-order valence-corrected chi connectivity index (χ4v) is 3.25. The summed E-state index contributed by atoms with van der Waals surface area (Å²) in [7, 11) is 0. The van der Waals surface area contributed by atoms with Crippen molar-refractivity contribution in [2.45, 2.75) is 32.9 Å². The number of benzene rings is 2. The van der Waals surface area contributed by atoms with Crippen molar-refractivity contribution in [1.29, 1.82) is 0 Å². The first-order valence-corrected chi connectivity index (χ1v) is 9.66. The zero-order chi connectivity index (χ0) is 19.4. The van der Waals surface area contributed by atoms with Crippen LogP contribution >= 0.6 is 15.9 Å². The van der Waals surface area contributed by atoms with Crippen LogP contribution in [-0.4, -0.2) is 29.6 Å². The summed E-state index contributed by atoms with van der Waals surface area (Å²) in [4.78, 5) is 25.3. The summed E-state index contributed by atoms with van der Waals surface area (Å²) in [5, 5.41) is 4.68. The van der Waals surface area contributed by atoms with E-state index in [2.05, 4.69) is 26.7 Å². The lowest BCUT2D eigenvalue weighted by Gasteiger charge is -2.37. The van der Waals surface area contributed by atoms with Gasteiger partial charge in [-0.05, 0) is 43.7 Å². The molecule has 1 aliphatic heterocycles. The number of hydrazine groups is 1. The quantitative estimate of drug-likeness (QED) is 0.728. The van der Waals surface area contributed by atoms with Crippen LogP contribution in [-0.2, 0) is 4.79 Å². The maximum Gasteiger partial charge on any atom is 0.276 e. The minimum absolute atomic E-state index is 0.170. The number of hydrogen-bond donors (Lipinski definition) is 2. The van der Waals surface area contributed by atoms with Crippen molar-refractivity contribution in [1.82, 2.24) is 10.4 Å². The molecule has 0 radical (unpaired) electrons. The second-order valence-corrected chi connectivity index (χ2v) is 7.37. The van der Waals surface area contributed by atoms with Crippen molar-refractivity contribution >= 4 is 33.4 Å². The molecule has 0 aromatic heterocycles.